The summed E-state index contributed by atoms with van der Waals surface area (Å²) in [5, 5.41) is 0. The highest BCUT2D eigenvalue weighted by Crippen LogP contribution is 1.95. The standard InChI is InChI=1S/C5H11NS2/c1-4(6)5(7)3-8-2/h4H,3,6H2,1-2H3. The molecule has 0 heterocycles. The first-order valence-corrected chi connectivity index (χ1v) is 4.26. The third-order valence-corrected chi connectivity index (χ3v) is 2.09. The second kappa shape index (κ2) is 4.30. The van der Waals surface area contributed by atoms with E-state index in [1.807, 2.05) is 13.2 Å². The lowest BCUT2D eigenvalue weighted by atomic mass is 10.3. The van der Waals surface area contributed by atoms with Gasteiger partial charge < -0.3 is 5.73 Å². The molecule has 0 aromatic rings. The molecular weight excluding hydrogens is 138 g/mol. The zero-order chi connectivity index (χ0) is 6.57. The van der Waals surface area contributed by atoms with Gasteiger partial charge in [-0.1, -0.05) is 12.2 Å². The largest absolute Gasteiger partial charge is 0.324 e. The van der Waals surface area contributed by atoms with Gasteiger partial charge in [0.1, 0.15) is 0 Å². The SMILES string of the molecule is CSCC(=S)C(C)N. The van der Waals surface area contributed by atoms with Crippen LogP contribution in [0, 0.1) is 0 Å². The maximum Gasteiger partial charge on any atom is 0.0338 e. The van der Waals surface area contributed by atoms with Gasteiger partial charge in [0.25, 0.3) is 0 Å². The van der Waals surface area contributed by atoms with Crippen LogP contribution >= 0.6 is 24.0 Å². The molecule has 8 heavy (non-hydrogen) atoms. The van der Waals surface area contributed by atoms with Gasteiger partial charge in [-0.3, -0.25) is 0 Å². The Labute approximate surface area is 60.0 Å². The van der Waals surface area contributed by atoms with E-state index < -0.39 is 0 Å². The van der Waals surface area contributed by atoms with E-state index >= 15 is 0 Å². The van der Waals surface area contributed by atoms with Crippen molar-refractivity contribution in [1.82, 2.24) is 0 Å². The fourth-order valence-electron chi connectivity index (χ4n) is 0.274. The molecule has 1 atom stereocenters. The molecule has 0 spiro atoms. The molecule has 3 heteroatoms. The fourth-order valence-corrected chi connectivity index (χ4v) is 1.17. The summed E-state index contributed by atoms with van der Waals surface area (Å²) in [6.07, 6.45) is 2.02. The first kappa shape index (κ1) is 8.40. The lowest BCUT2D eigenvalue weighted by Gasteiger charge is -2.03. The summed E-state index contributed by atoms with van der Waals surface area (Å²) in [5.41, 5.74) is 5.47. The zero-order valence-corrected chi connectivity index (χ0v) is 6.81. The molecule has 0 amide bonds. The van der Waals surface area contributed by atoms with Crippen molar-refractivity contribution in [2.45, 2.75) is 13.0 Å². The molecule has 0 bridgehead atoms. The number of thiocarbonyl (C=S) groups is 1. The molecule has 0 saturated carbocycles. The van der Waals surface area contributed by atoms with Gasteiger partial charge in [0.05, 0.1) is 0 Å². The molecule has 0 saturated heterocycles. The lowest BCUT2D eigenvalue weighted by molar-refractivity contribution is 0.987. The Morgan fingerprint density at radius 3 is 2.50 bits per heavy atom. The van der Waals surface area contributed by atoms with Crippen LogP contribution in [0.3, 0.4) is 0 Å². The number of hydrogen-bond donors (Lipinski definition) is 1. The third kappa shape index (κ3) is 3.41. The Hall–Kier alpha value is 0.400. The molecule has 0 aliphatic rings. The molecule has 0 radical (unpaired) electrons. The molecule has 48 valence electrons. The van der Waals surface area contributed by atoms with Gasteiger partial charge in [0.2, 0.25) is 0 Å². The van der Waals surface area contributed by atoms with Crippen molar-refractivity contribution in [3.63, 3.8) is 0 Å². The van der Waals surface area contributed by atoms with Crippen LogP contribution < -0.4 is 5.73 Å². The van der Waals surface area contributed by atoms with Crippen molar-refractivity contribution < 1.29 is 0 Å². The average Bonchev–Trinajstić information content (AvgIpc) is 1.67. The van der Waals surface area contributed by atoms with Crippen molar-refractivity contribution in [2.24, 2.45) is 5.73 Å². The number of rotatable bonds is 3. The molecule has 0 fully saturated rings. The average molecular weight is 149 g/mol. The Morgan fingerprint density at radius 2 is 2.38 bits per heavy atom. The molecule has 1 unspecified atom stereocenters. The summed E-state index contributed by atoms with van der Waals surface area (Å²) in [7, 11) is 0. The van der Waals surface area contributed by atoms with Gasteiger partial charge in [0, 0.05) is 16.7 Å². The van der Waals surface area contributed by atoms with Crippen molar-refractivity contribution in [3.8, 4) is 0 Å². The molecule has 0 rings (SSSR count). The quantitative estimate of drug-likeness (QED) is 0.608. The number of thioether (sulfide) groups is 1. The van der Waals surface area contributed by atoms with E-state index in [1.54, 1.807) is 11.8 Å². The van der Waals surface area contributed by atoms with Crippen LogP contribution in [0.25, 0.3) is 0 Å². The highest BCUT2D eigenvalue weighted by atomic mass is 32.2. The minimum atomic E-state index is 0.0810. The Balaban J connectivity index is 3.33. The lowest BCUT2D eigenvalue weighted by Crippen LogP contribution is -2.26. The molecule has 0 aromatic heterocycles. The predicted molar refractivity (Wildman–Crippen MR) is 44.6 cm³/mol. The van der Waals surface area contributed by atoms with E-state index in [4.69, 9.17) is 18.0 Å². The van der Waals surface area contributed by atoms with E-state index in [-0.39, 0.29) is 6.04 Å². The van der Waals surface area contributed by atoms with E-state index in [0.717, 1.165) is 10.6 Å². The second-order valence-electron chi connectivity index (χ2n) is 1.69. The molecule has 0 aromatic carbocycles. The summed E-state index contributed by atoms with van der Waals surface area (Å²) in [4.78, 5) is 0.956. The Morgan fingerprint density at radius 1 is 1.88 bits per heavy atom. The van der Waals surface area contributed by atoms with E-state index in [0.29, 0.717) is 0 Å². The first-order valence-electron chi connectivity index (χ1n) is 2.45. The minimum Gasteiger partial charge on any atom is -0.324 e. The van der Waals surface area contributed by atoms with Crippen LogP contribution in [0.4, 0.5) is 0 Å². The van der Waals surface area contributed by atoms with Crippen LogP contribution in [0.2, 0.25) is 0 Å². The highest BCUT2D eigenvalue weighted by molar-refractivity contribution is 8.00. The smallest absolute Gasteiger partial charge is 0.0338 e. The normalized spacial score (nSPS) is 13.4. The van der Waals surface area contributed by atoms with Crippen molar-refractivity contribution in [1.29, 1.82) is 0 Å². The van der Waals surface area contributed by atoms with Crippen LogP contribution in [0.5, 0.6) is 0 Å². The summed E-state index contributed by atoms with van der Waals surface area (Å²) >= 11 is 6.65. The summed E-state index contributed by atoms with van der Waals surface area (Å²) in [6.45, 7) is 1.92. The maximum atomic E-state index is 5.47. The topological polar surface area (TPSA) is 26.0 Å². The maximum absolute atomic E-state index is 5.47. The van der Waals surface area contributed by atoms with Crippen LogP contribution in [-0.4, -0.2) is 22.9 Å². The molecule has 1 nitrogen and oxygen atoms in total. The molecule has 2 N–H and O–H groups in total. The Kier molecular flexibility index (Phi) is 4.51. The van der Waals surface area contributed by atoms with Gasteiger partial charge in [-0.2, -0.15) is 11.8 Å². The monoisotopic (exact) mass is 149 g/mol. The van der Waals surface area contributed by atoms with Crippen LogP contribution in [0.15, 0.2) is 0 Å². The zero-order valence-electron chi connectivity index (χ0n) is 5.18. The molecule has 0 aliphatic heterocycles. The summed E-state index contributed by atoms with van der Waals surface area (Å²) < 4.78 is 0. The summed E-state index contributed by atoms with van der Waals surface area (Å²) in [5.74, 6) is 0.910. The molecular formula is C5H11NS2. The van der Waals surface area contributed by atoms with Crippen molar-refractivity contribution >= 4 is 28.8 Å². The number of hydrogen-bond acceptors (Lipinski definition) is 3. The van der Waals surface area contributed by atoms with E-state index in [2.05, 4.69) is 0 Å². The minimum absolute atomic E-state index is 0.0810. The van der Waals surface area contributed by atoms with Gasteiger partial charge in [-0.15, -0.1) is 0 Å². The summed E-state index contributed by atoms with van der Waals surface area (Å²) in [6, 6.07) is 0.0810. The van der Waals surface area contributed by atoms with E-state index in [9.17, 15) is 0 Å². The molecule has 0 aliphatic carbocycles. The Bertz CT molecular complexity index is 80.5. The van der Waals surface area contributed by atoms with Crippen LogP contribution in [-0.2, 0) is 0 Å². The predicted octanol–water partition coefficient (Wildman–Crippen LogP) is 1.07. The van der Waals surface area contributed by atoms with Gasteiger partial charge in [0.15, 0.2) is 0 Å². The van der Waals surface area contributed by atoms with Crippen molar-refractivity contribution in [2.75, 3.05) is 12.0 Å². The highest BCUT2D eigenvalue weighted by Gasteiger charge is 1.99. The van der Waals surface area contributed by atoms with Gasteiger partial charge in [-0.05, 0) is 13.2 Å². The van der Waals surface area contributed by atoms with Crippen molar-refractivity contribution in [3.05, 3.63) is 0 Å². The van der Waals surface area contributed by atoms with E-state index in [1.165, 1.54) is 0 Å². The van der Waals surface area contributed by atoms with Gasteiger partial charge >= 0.3 is 0 Å². The third-order valence-electron chi connectivity index (χ3n) is 0.794. The first-order chi connectivity index (χ1) is 3.68. The second-order valence-corrected chi connectivity index (χ2v) is 3.08. The van der Waals surface area contributed by atoms with Crippen LogP contribution in [0.1, 0.15) is 6.92 Å². The number of nitrogens with two attached hydrogens (primary N) is 1. The fraction of sp³-hybridized carbons (Fsp3) is 0.800. The van der Waals surface area contributed by atoms with Gasteiger partial charge in [-0.25, -0.2) is 0 Å².